The molecule has 0 atom stereocenters. The Morgan fingerprint density at radius 3 is 2.72 bits per heavy atom. The number of benzene rings is 1. The summed E-state index contributed by atoms with van der Waals surface area (Å²) >= 11 is 0. The van der Waals surface area contributed by atoms with E-state index >= 15 is 0 Å². The Balaban J connectivity index is 2.10. The molecule has 1 fully saturated rings. The maximum Gasteiger partial charge on any atom is 0.0606 e. The third kappa shape index (κ3) is 3.24. The van der Waals surface area contributed by atoms with Gasteiger partial charge in [0.1, 0.15) is 0 Å². The van der Waals surface area contributed by atoms with Crippen molar-refractivity contribution >= 4 is 5.69 Å². The van der Waals surface area contributed by atoms with Gasteiger partial charge in [0, 0.05) is 24.8 Å². The van der Waals surface area contributed by atoms with Crippen molar-refractivity contribution in [2.24, 2.45) is 0 Å². The fourth-order valence-corrected chi connectivity index (χ4v) is 2.33. The van der Waals surface area contributed by atoms with Crippen LogP contribution < -0.4 is 10.2 Å². The van der Waals surface area contributed by atoms with Crippen molar-refractivity contribution in [2.75, 3.05) is 24.6 Å². The van der Waals surface area contributed by atoms with Crippen molar-refractivity contribution in [3.05, 3.63) is 29.3 Å². The second-order valence-corrected chi connectivity index (χ2v) is 5.04. The summed E-state index contributed by atoms with van der Waals surface area (Å²) in [7, 11) is 0. The Morgan fingerprint density at radius 2 is 2.17 bits per heavy atom. The van der Waals surface area contributed by atoms with Crippen LogP contribution in [0, 0.1) is 6.92 Å². The van der Waals surface area contributed by atoms with Gasteiger partial charge in [0.2, 0.25) is 0 Å². The van der Waals surface area contributed by atoms with E-state index in [9.17, 15) is 0 Å². The lowest BCUT2D eigenvalue weighted by Gasteiger charge is -2.24. The molecule has 18 heavy (non-hydrogen) atoms. The fourth-order valence-electron chi connectivity index (χ4n) is 2.33. The Labute approximate surface area is 110 Å². The van der Waals surface area contributed by atoms with Crippen LogP contribution in [0.5, 0.6) is 0 Å². The molecule has 1 aromatic rings. The van der Waals surface area contributed by atoms with Gasteiger partial charge >= 0.3 is 0 Å². The van der Waals surface area contributed by atoms with Crippen LogP contribution in [0.4, 0.5) is 5.69 Å². The van der Waals surface area contributed by atoms with Crippen molar-refractivity contribution in [1.29, 1.82) is 0 Å². The van der Waals surface area contributed by atoms with E-state index in [-0.39, 0.29) is 6.61 Å². The Kier molecular flexibility index (Phi) is 4.61. The molecule has 2 rings (SSSR count). The first-order chi connectivity index (χ1) is 8.76. The second-order valence-electron chi connectivity index (χ2n) is 5.04. The molecule has 3 heteroatoms. The van der Waals surface area contributed by atoms with E-state index in [1.165, 1.54) is 29.7 Å². The highest BCUT2D eigenvalue weighted by Gasteiger charge is 2.28. The summed E-state index contributed by atoms with van der Waals surface area (Å²) in [5.74, 6) is 0. The molecule has 100 valence electrons. The largest absolute Gasteiger partial charge is 0.395 e. The molecule has 0 spiro atoms. The SMILES string of the molecule is CCNCc1ccc(N(CCO)C2CC2)cc1C. The molecule has 2 N–H and O–H groups in total. The highest BCUT2D eigenvalue weighted by molar-refractivity contribution is 5.52. The minimum absolute atomic E-state index is 0.231. The molecule has 1 aromatic carbocycles. The number of nitrogens with zero attached hydrogens (tertiary/aromatic N) is 1. The van der Waals surface area contributed by atoms with Crippen LogP contribution in [0.25, 0.3) is 0 Å². The van der Waals surface area contributed by atoms with Crippen molar-refractivity contribution in [3.8, 4) is 0 Å². The van der Waals surface area contributed by atoms with Crippen molar-refractivity contribution < 1.29 is 5.11 Å². The van der Waals surface area contributed by atoms with Crippen LogP contribution in [-0.4, -0.2) is 30.8 Å². The molecule has 0 bridgehead atoms. The first kappa shape index (κ1) is 13.4. The van der Waals surface area contributed by atoms with Crippen LogP contribution >= 0.6 is 0 Å². The molecule has 0 aromatic heterocycles. The molecule has 3 nitrogen and oxygen atoms in total. The number of aliphatic hydroxyl groups excluding tert-OH is 1. The number of rotatable bonds is 7. The van der Waals surface area contributed by atoms with Crippen LogP contribution in [0.1, 0.15) is 30.9 Å². The molecule has 0 radical (unpaired) electrons. The summed E-state index contributed by atoms with van der Waals surface area (Å²) in [5, 5.41) is 12.5. The van der Waals surface area contributed by atoms with Gasteiger partial charge in [-0.05, 0) is 49.6 Å². The first-order valence-electron chi connectivity index (χ1n) is 6.94. The molecule has 1 saturated carbocycles. The molecule has 0 aliphatic heterocycles. The highest BCUT2D eigenvalue weighted by atomic mass is 16.3. The third-order valence-electron chi connectivity index (χ3n) is 3.55. The predicted molar refractivity (Wildman–Crippen MR) is 76.0 cm³/mol. The van der Waals surface area contributed by atoms with Gasteiger partial charge in [0.25, 0.3) is 0 Å². The zero-order valence-corrected chi connectivity index (χ0v) is 11.4. The minimum atomic E-state index is 0.231. The number of hydrogen-bond acceptors (Lipinski definition) is 3. The third-order valence-corrected chi connectivity index (χ3v) is 3.55. The zero-order chi connectivity index (χ0) is 13.0. The van der Waals surface area contributed by atoms with Gasteiger partial charge in [-0.3, -0.25) is 0 Å². The maximum atomic E-state index is 9.16. The molecular weight excluding hydrogens is 224 g/mol. The summed E-state index contributed by atoms with van der Waals surface area (Å²) in [6.07, 6.45) is 2.52. The van der Waals surface area contributed by atoms with Gasteiger partial charge in [0.15, 0.2) is 0 Å². The van der Waals surface area contributed by atoms with Crippen molar-refractivity contribution in [1.82, 2.24) is 5.32 Å². The molecule has 1 aliphatic carbocycles. The minimum Gasteiger partial charge on any atom is -0.395 e. The molecular formula is C15H24N2O. The highest BCUT2D eigenvalue weighted by Crippen LogP contribution is 2.32. The Morgan fingerprint density at radius 1 is 1.39 bits per heavy atom. The number of anilines is 1. The van der Waals surface area contributed by atoms with Gasteiger partial charge in [-0.1, -0.05) is 13.0 Å². The normalized spacial score (nSPS) is 14.8. The quantitative estimate of drug-likeness (QED) is 0.775. The van der Waals surface area contributed by atoms with Gasteiger partial charge in [-0.2, -0.15) is 0 Å². The molecule has 0 unspecified atom stereocenters. The summed E-state index contributed by atoms with van der Waals surface area (Å²) < 4.78 is 0. The van der Waals surface area contributed by atoms with Crippen LogP contribution in [0.15, 0.2) is 18.2 Å². The lowest BCUT2D eigenvalue weighted by atomic mass is 10.1. The van der Waals surface area contributed by atoms with E-state index in [0.717, 1.165) is 19.6 Å². The molecule has 0 amide bonds. The van der Waals surface area contributed by atoms with E-state index in [2.05, 4.69) is 42.3 Å². The van der Waals surface area contributed by atoms with Crippen molar-refractivity contribution in [2.45, 2.75) is 39.3 Å². The van der Waals surface area contributed by atoms with Crippen LogP contribution in [-0.2, 0) is 6.54 Å². The van der Waals surface area contributed by atoms with Crippen molar-refractivity contribution in [3.63, 3.8) is 0 Å². The fraction of sp³-hybridized carbons (Fsp3) is 0.600. The Bertz CT molecular complexity index is 388. The average molecular weight is 248 g/mol. The average Bonchev–Trinajstić information content (AvgIpc) is 3.19. The van der Waals surface area contributed by atoms with Crippen LogP contribution in [0.2, 0.25) is 0 Å². The second kappa shape index (κ2) is 6.21. The Hall–Kier alpha value is -1.06. The van der Waals surface area contributed by atoms with Gasteiger partial charge in [-0.15, -0.1) is 0 Å². The number of hydrogen-bond donors (Lipinski definition) is 2. The van der Waals surface area contributed by atoms with Gasteiger partial charge < -0.3 is 15.3 Å². The smallest absolute Gasteiger partial charge is 0.0606 e. The van der Waals surface area contributed by atoms with Crippen LogP contribution in [0.3, 0.4) is 0 Å². The lowest BCUT2D eigenvalue weighted by molar-refractivity contribution is 0.301. The standard InChI is InChI=1S/C15H24N2O/c1-3-16-11-13-4-5-15(10-12(13)2)17(8-9-18)14-6-7-14/h4-5,10,14,16,18H,3,6-9,11H2,1-2H3. The van der Waals surface area contributed by atoms with Gasteiger partial charge in [0.05, 0.1) is 6.61 Å². The molecule has 0 heterocycles. The maximum absolute atomic E-state index is 9.16. The summed E-state index contributed by atoms with van der Waals surface area (Å²) in [5.41, 5.74) is 3.95. The topological polar surface area (TPSA) is 35.5 Å². The summed E-state index contributed by atoms with van der Waals surface area (Å²) in [4.78, 5) is 2.34. The van der Waals surface area contributed by atoms with E-state index in [0.29, 0.717) is 6.04 Å². The first-order valence-corrected chi connectivity index (χ1v) is 6.94. The monoisotopic (exact) mass is 248 g/mol. The number of nitrogens with one attached hydrogen (secondary N) is 1. The van der Waals surface area contributed by atoms with Gasteiger partial charge in [-0.25, -0.2) is 0 Å². The summed E-state index contributed by atoms with van der Waals surface area (Å²) in [6, 6.07) is 7.30. The van der Waals surface area contributed by atoms with E-state index in [1.54, 1.807) is 0 Å². The number of aryl methyl sites for hydroxylation is 1. The molecule has 1 aliphatic rings. The molecule has 0 saturated heterocycles. The zero-order valence-electron chi connectivity index (χ0n) is 11.4. The van der Waals surface area contributed by atoms with E-state index in [4.69, 9.17) is 5.11 Å². The van der Waals surface area contributed by atoms with E-state index < -0.39 is 0 Å². The number of aliphatic hydroxyl groups is 1. The lowest BCUT2D eigenvalue weighted by Crippen LogP contribution is -2.29. The predicted octanol–water partition coefficient (Wildman–Crippen LogP) is 2.07. The van der Waals surface area contributed by atoms with E-state index in [1.807, 2.05) is 0 Å². The summed E-state index contributed by atoms with van der Waals surface area (Å²) in [6.45, 7) is 7.21.